The lowest BCUT2D eigenvalue weighted by molar-refractivity contribution is 0.0604. The number of nitrogens with zero attached hydrogens (tertiary/aromatic N) is 1. The van der Waals surface area contributed by atoms with Gasteiger partial charge >= 0.3 is 0 Å². The van der Waals surface area contributed by atoms with Gasteiger partial charge in [-0.3, -0.25) is 0 Å². The van der Waals surface area contributed by atoms with Crippen LogP contribution in [0.3, 0.4) is 0 Å². The molecule has 1 fully saturated rings. The van der Waals surface area contributed by atoms with E-state index in [0.29, 0.717) is 36.5 Å². The van der Waals surface area contributed by atoms with Gasteiger partial charge in [-0.15, -0.1) is 0 Å². The first-order valence-corrected chi connectivity index (χ1v) is 8.74. The molecule has 0 amide bonds. The molecular formula is C14H21ClN2O3S. The standard InChI is InChI=1S/C14H21ClN2O3S/c1-10-11(9-16)7-12(15)8-14(10)21(18,19)17-5-3-13(20-2)4-6-17/h7-8,13H,3-6,9,16H2,1-2H3. The Morgan fingerprint density at radius 3 is 2.52 bits per heavy atom. The topological polar surface area (TPSA) is 72.6 Å². The van der Waals surface area contributed by atoms with Gasteiger partial charge in [0.1, 0.15) is 0 Å². The number of nitrogens with two attached hydrogens (primary N) is 1. The van der Waals surface area contributed by atoms with E-state index < -0.39 is 10.0 Å². The molecule has 7 heteroatoms. The molecule has 0 radical (unpaired) electrons. The average Bonchev–Trinajstić information content (AvgIpc) is 2.49. The molecule has 21 heavy (non-hydrogen) atoms. The molecule has 1 aromatic carbocycles. The van der Waals surface area contributed by atoms with Crippen molar-refractivity contribution in [3.8, 4) is 0 Å². The maximum atomic E-state index is 12.8. The summed E-state index contributed by atoms with van der Waals surface area (Å²) in [5.41, 5.74) is 7.10. The summed E-state index contributed by atoms with van der Waals surface area (Å²) in [6, 6.07) is 3.22. The van der Waals surface area contributed by atoms with Crippen molar-refractivity contribution in [2.24, 2.45) is 5.73 Å². The molecule has 0 saturated carbocycles. The Morgan fingerprint density at radius 2 is 2.00 bits per heavy atom. The average molecular weight is 333 g/mol. The molecule has 118 valence electrons. The summed E-state index contributed by atoms with van der Waals surface area (Å²) >= 11 is 6.03. The number of ether oxygens (including phenoxy) is 1. The number of methoxy groups -OCH3 is 1. The summed E-state index contributed by atoms with van der Waals surface area (Å²) in [4.78, 5) is 0.256. The van der Waals surface area contributed by atoms with E-state index >= 15 is 0 Å². The Hall–Kier alpha value is -0.660. The molecule has 5 nitrogen and oxygen atoms in total. The molecule has 0 unspecified atom stereocenters. The third-order valence-corrected chi connectivity index (χ3v) is 6.25. The zero-order valence-corrected chi connectivity index (χ0v) is 13.9. The van der Waals surface area contributed by atoms with Crippen LogP contribution in [0.25, 0.3) is 0 Å². The van der Waals surface area contributed by atoms with Gasteiger partial charge in [0.2, 0.25) is 10.0 Å². The first-order chi connectivity index (χ1) is 9.90. The lowest BCUT2D eigenvalue weighted by Crippen LogP contribution is -2.40. The van der Waals surface area contributed by atoms with Crippen LogP contribution in [-0.4, -0.2) is 39.0 Å². The predicted octanol–water partition coefficient (Wildman–Crippen LogP) is 1.91. The minimum absolute atomic E-state index is 0.136. The highest BCUT2D eigenvalue weighted by atomic mass is 35.5. The second-order valence-electron chi connectivity index (χ2n) is 5.23. The van der Waals surface area contributed by atoms with E-state index in [1.807, 2.05) is 0 Å². The summed E-state index contributed by atoms with van der Waals surface area (Å²) in [5.74, 6) is 0. The Morgan fingerprint density at radius 1 is 1.38 bits per heavy atom. The molecule has 1 aliphatic heterocycles. The smallest absolute Gasteiger partial charge is 0.243 e. The molecule has 0 atom stereocenters. The fourth-order valence-corrected chi connectivity index (χ4v) is 4.70. The van der Waals surface area contributed by atoms with Gasteiger partial charge in [-0.05, 0) is 43.0 Å². The van der Waals surface area contributed by atoms with E-state index in [9.17, 15) is 8.42 Å². The van der Waals surface area contributed by atoms with Crippen LogP contribution in [0.1, 0.15) is 24.0 Å². The summed E-state index contributed by atoms with van der Waals surface area (Å²) in [7, 11) is -1.89. The van der Waals surface area contributed by atoms with Crippen LogP contribution in [0, 0.1) is 6.92 Å². The van der Waals surface area contributed by atoms with Crippen LogP contribution in [0.15, 0.2) is 17.0 Å². The Labute approximate surface area is 131 Å². The lowest BCUT2D eigenvalue weighted by Gasteiger charge is -2.31. The highest BCUT2D eigenvalue weighted by molar-refractivity contribution is 7.89. The number of halogens is 1. The molecule has 0 aromatic heterocycles. The molecule has 0 aliphatic carbocycles. The summed E-state index contributed by atoms with van der Waals surface area (Å²) in [6.07, 6.45) is 1.55. The fraction of sp³-hybridized carbons (Fsp3) is 0.571. The number of rotatable bonds is 4. The molecular weight excluding hydrogens is 312 g/mol. The Kier molecular flexibility index (Phi) is 5.27. The largest absolute Gasteiger partial charge is 0.381 e. The maximum absolute atomic E-state index is 12.8. The zero-order chi connectivity index (χ0) is 15.6. The van der Waals surface area contributed by atoms with Crippen molar-refractivity contribution in [3.05, 3.63) is 28.3 Å². The van der Waals surface area contributed by atoms with Gasteiger partial charge in [-0.1, -0.05) is 11.6 Å². The van der Waals surface area contributed by atoms with Gasteiger partial charge in [0.15, 0.2) is 0 Å². The van der Waals surface area contributed by atoms with Crippen LogP contribution in [-0.2, 0) is 21.3 Å². The number of sulfonamides is 1. The second kappa shape index (κ2) is 6.62. The van der Waals surface area contributed by atoms with E-state index in [4.69, 9.17) is 22.1 Å². The molecule has 2 N–H and O–H groups in total. The van der Waals surface area contributed by atoms with Crippen LogP contribution in [0.5, 0.6) is 0 Å². The van der Waals surface area contributed by atoms with Crippen molar-refractivity contribution in [1.29, 1.82) is 0 Å². The summed E-state index contributed by atoms with van der Waals surface area (Å²) in [5, 5.41) is 0.395. The second-order valence-corrected chi connectivity index (χ2v) is 7.57. The van der Waals surface area contributed by atoms with Crippen molar-refractivity contribution in [2.75, 3.05) is 20.2 Å². The van der Waals surface area contributed by atoms with E-state index in [2.05, 4.69) is 0 Å². The van der Waals surface area contributed by atoms with Crippen molar-refractivity contribution < 1.29 is 13.2 Å². The minimum atomic E-state index is -3.54. The number of hydrogen-bond acceptors (Lipinski definition) is 4. The van der Waals surface area contributed by atoms with Gasteiger partial charge in [-0.25, -0.2) is 8.42 Å². The van der Waals surface area contributed by atoms with Crippen LogP contribution in [0.2, 0.25) is 5.02 Å². The molecule has 1 heterocycles. The predicted molar refractivity (Wildman–Crippen MR) is 82.9 cm³/mol. The van der Waals surface area contributed by atoms with Crippen molar-refractivity contribution in [3.63, 3.8) is 0 Å². The highest BCUT2D eigenvalue weighted by Gasteiger charge is 2.31. The quantitative estimate of drug-likeness (QED) is 0.914. The van der Waals surface area contributed by atoms with Gasteiger partial charge in [0.05, 0.1) is 11.0 Å². The molecule has 1 aromatic rings. The maximum Gasteiger partial charge on any atom is 0.243 e. The molecule has 1 saturated heterocycles. The monoisotopic (exact) mass is 332 g/mol. The van der Waals surface area contributed by atoms with Gasteiger partial charge < -0.3 is 10.5 Å². The summed E-state index contributed by atoms with van der Waals surface area (Å²) < 4.78 is 32.4. The van der Waals surface area contributed by atoms with Crippen molar-refractivity contribution in [2.45, 2.75) is 37.3 Å². The van der Waals surface area contributed by atoms with Gasteiger partial charge in [0, 0.05) is 31.8 Å². The van der Waals surface area contributed by atoms with Crippen LogP contribution < -0.4 is 5.73 Å². The highest BCUT2D eigenvalue weighted by Crippen LogP contribution is 2.28. The van der Waals surface area contributed by atoms with E-state index in [1.54, 1.807) is 20.1 Å². The van der Waals surface area contributed by atoms with Crippen LogP contribution in [0.4, 0.5) is 0 Å². The first kappa shape index (κ1) is 16.7. The SMILES string of the molecule is COC1CCN(S(=O)(=O)c2cc(Cl)cc(CN)c2C)CC1. The number of piperidine rings is 1. The van der Waals surface area contributed by atoms with E-state index in [-0.39, 0.29) is 17.5 Å². The third kappa shape index (κ3) is 3.40. The fourth-order valence-electron chi connectivity index (χ4n) is 2.64. The lowest BCUT2D eigenvalue weighted by atomic mass is 10.1. The molecule has 1 aliphatic rings. The zero-order valence-electron chi connectivity index (χ0n) is 12.3. The number of hydrogen-bond donors (Lipinski definition) is 1. The number of benzene rings is 1. The van der Waals surface area contributed by atoms with Crippen molar-refractivity contribution >= 4 is 21.6 Å². The van der Waals surface area contributed by atoms with Gasteiger partial charge in [-0.2, -0.15) is 4.31 Å². The van der Waals surface area contributed by atoms with Gasteiger partial charge in [0.25, 0.3) is 0 Å². The minimum Gasteiger partial charge on any atom is -0.381 e. The molecule has 0 bridgehead atoms. The molecule has 0 spiro atoms. The Balaban J connectivity index is 2.34. The summed E-state index contributed by atoms with van der Waals surface area (Å²) in [6.45, 7) is 2.96. The van der Waals surface area contributed by atoms with Crippen molar-refractivity contribution in [1.82, 2.24) is 4.31 Å². The first-order valence-electron chi connectivity index (χ1n) is 6.92. The molecule has 2 rings (SSSR count). The third-order valence-electron chi connectivity index (χ3n) is 4.00. The normalized spacial score (nSPS) is 18.1. The van der Waals surface area contributed by atoms with Crippen LogP contribution >= 0.6 is 11.6 Å². The van der Waals surface area contributed by atoms with E-state index in [0.717, 1.165) is 5.56 Å². The Bertz CT molecular complexity index is 611. The van der Waals surface area contributed by atoms with E-state index in [1.165, 1.54) is 10.4 Å².